The fourth-order valence-electron chi connectivity index (χ4n) is 4.20. The molecule has 4 heteroatoms. The number of nitrogens with zero attached hydrogens (tertiary/aromatic N) is 3. The largest absolute Gasteiger partial charge is 0.198 e. The molecule has 1 saturated carbocycles. The van der Waals surface area contributed by atoms with Crippen LogP contribution in [0.4, 0.5) is 0 Å². The molecule has 0 aromatic carbocycles. The molecule has 0 spiro atoms. The molecule has 0 saturated heterocycles. The lowest BCUT2D eigenvalue weighted by Crippen LogP contribution is -2.24. The average Bonchev–Trinajstić information content (AvgIpc) is 2.96. The van der Waals surface area contributed by atoms with Crippen molar-refractivity contribution in [1.29, 1.82) is 5.26 Å². The second kappa shape index (κ2) is 4.86. The molecule has 3 aliphatic carbocycles. The molecule has 110 valence electrons. The maximum absolute atomic E-state index is 9.22. The summed E-state index contributed by atoms with van der Waals surface area (Å²) >= 11 is 0. The number of fused-ring (bicyclic) bond motifs is 5. The highest BCUT2D eigenvalue weighted by atomic mass is 31.0. The zero-order chi connectivity index (χ0) is 15.3. The average molecular weight is 307 g/mol. The SMILES string of the molecule is C=C1C2CCC1(CC#N)c1nnc(C3=C(P)CCC=C3)cc12. The van der Waals surface area contributed by atoms with Crippen LogP contribution < -0.4 is 0 Å². The maximum Gasteiger partial charge on any atom is 0.0935 e. The fourth-order valence-corrected chi connectivity index (χ4v) is 4.61. The van der Waals surface area contributed by atoms with E-state index in [-0.39, 0.29) is 5.41 Å². The molecular weight excluding hydrogens is 289 g/mol. The van der Waals surface area contributed by atoms with Crippen molar-refractivity contribution in [3.8, 4) is 6.07 Å². The smallest absolute Gasteiger partial charge is 0.0935 e. The molecule has 1 aromatic heterocycles. The van der Waals surface area contributed by atoms with Gasteiger partial charge in [-0.1, -0.05) is 24.3 Å². The van der Waals surface area contributed by atoms with Gasteiger partial charge in [0, 0.05) is 16.9 Å². The predicted octanol–water partition coefficient (Wildman–Crippen LogP) is 4.01. The van der Waals surface area contributed by atoms with Gasteiger partial charge in [-0.15, -0.1) is 9.24 Å². The van der Waals surface area contributed by atoms with E-state index in [0.717, 1.165) is 37.1 Å². The van der Waals surface area contributed by atoms with Gasteiger partial charge in [-0.05, 0) is 42.6 Å². The summed E-state index contributed by atoms with van der Waals surface area (Å²) in [7, 11) is 2.84. The van der Waals surface area contributed by atoms with Crippen molar-refractivity contribution >= 4 is 14.8 Å². The lowest BCUT2D eigenvalue weighted by molar-refractivity contribution is 0.498. The predicted molar refractivity (Wildman–Crippen MR) is 90.1 cm³/mol. The number of rotatable bonds is 2. The molecule has 1 aromatic rings. The van der Waals surface area contributed by atoms with E-state index < -0.39 is 0 Å². The second-order valence-electron chi connectivity index (χ2n) is 6.45. The Balaban J connectivity index is 1.84. The lowest BCUT2D eigenvalue weighted by atomic mass is 9.79. The highest BCUT2D eigenvalue weighted by Crippen LogP contribution is 2.60. The van der Waals surface area contributed by atoms with Crippen LogP contribution in [-0.4, -0.2) is 10.2 Å². The highest BCUT2D eigenvalue weighted by Gasteiger charge is 2.53. The Kier molecular flexibility index (Phi) is 3.06. The van der Waals surface area contributed by atoms with Crippen molar-refractivity contribution in [2.45, 2.75) is 43.4 Å². The van der Waals surface area contributed by atoms with E-state index in [2.05, 4.69) is 50.3 Å². The summed E-state index contributed by atoms with van der Waals surface area (Å²) in [4.78, 5) is 0. The van der Waals surface area contributed by atoms with Crippen LogP contribution in [0.2, 0.25) is 0 Å². The first-order valence-corrected chi connectivity index (χ1v) is 8.35. The molecule has 0 amide bonds. The van der Waals surface area contributed by atoms with Crippen molar-refractivity contribution < 1.29 is 0 Å². The molecule has 1 fully saturated rings. The molecule has 22 heavy (non-hydrogen) atoms. The van der Waals surface area contributed by atoms with Crippen LogP contribution in [0, 0.1) is 11.3 Å². The summed E-state index contributed by atoms with van der Waals surface area (Å²) in [5, 5.41) is 19.6. The molecule has 3 aliphatic rings. The zero-order valence-corrected chi connectivity index (χ0v) is 13.6. The van der Waals surface area contributed by atoms with E-state index in [9.17, 15) is 5.26 Å². The first kappa shape index (κ1) is 13.9. The van der Waals surface area contributed by atoms with Gasteiger partial charge in [0.25, 0.3) is 0 Å². The Hall–Kier alpha value is -1.78. The van der Waals surface area contributed by atoms with Crippen molar-refractivity contribution in [3.63, 3.8) is 0 Å². The van der Waals surface area contributed by atoms with Crippen molar-refractivity contribution in [2.24, 2.45) is 0 Å². The van der Waals surface area contributed by atoms with Crippen LogP contribution in [0.5, 0.6) is 0 Å². The second-order valence-corrected chi connectivity index (χ2v) is 7.14. The summed E-state index contributed by atoms with van der Waals surface area (Å²) in [5.41, 5.74) is 5.32. The van der Waals surface area contributed by atoms with E-state index in [1.165, 1.54) is 22.0 Å². The first-order chi connectivity index (χ1) is 10.7. The van der Waals surface area contributed by atoms with Crippen LogP contribution in [0.15, 0.2) is 35.7 Å². The van der Waals surface area contributed by atoms with Crippen molar-refractivity contribution in [1.82, 2.24) is 10.2 Å². The molecule has 1 heterocycles. The summed E-state index contributed by atoms with van der Waals surface area (Å²) in [6, 6.07) is 4.52. The Morgan fingerprint density at radius 2 is 2.32 bits per heavy atom. The standard InChI is InChI=1S/C18H18N3P/c1-11-12-6-7-18(11,8-9-19)17-14(12)10-15(20-21-17)13-4-2-3-5-16(13)22/h2,4,10,12H,1,3,5-8,22H2. The van der Waals surface area contributed by atoms with Gasteiger partial charge in [0.05, 0.1) is 23.9 Å². The number of hydrogen-bond acceptors (Lipinski definition) is 3. The zero-order valence-electron chi connectivity index (χ0n) is 12.5. The van der Waals surface area contributed by atoms with Gasteiger partial charge >= 0.3 is 0 Å². The molecular formula is C18H18N3P. The third kappa shape index (κ3) is 1.71. The van der Waals surface area contributed by atoms with Crippen molar-refractivity contribution in [3.05, 3.63) is 52.6 Å². The third-order valence-electron chi connectivity index (χ3n) is 5.41. The van der Waals surface area contributed by atoms with Crippen LogP contribution in [-0.2, 0) is 5.41 Å². The Morgan fingerprint density at radius 1 is 1.45 bits per heavy atom. The Bertz CT molecular complexity index is 784. The van der Waals surface area contributed by atoms with Crippen LogP contribution in [0.25, 0.3) is 5.57 Å². The lowest BCUT2D eigenvalue weighted by Gasteiger charge is -2.25. The van der Waals surface area contributed by atoms with E-state index in [1.807, 2.05) is 0 Å². The molecule has 0 aliphatic heterocycles. The molecule has 3 unspecified atom stereocenters. The van der Waals surface area contributed by atoms with Crippen LogP contribution in [0.1, 0.15) is 55.0 Å². The molecule has 4 rings (SSSR count). The third-order valence-corrected chi connectivity index (χ3v) is 6.01. The van der Waals surface area contributed by atoms with E-state index >= 15 is 0 Å². The van der Waals surface area contributed by atoms with Crippen molar-refractivity contribution in [2.75, 3.05) is 0 Å². The minimum atomic E-state index is -0.235. The van der Waals surface area contributed by atoms with E-state index in [1.54, 1.807) is 0 Å². The molecule has 2 bridgehead atoms. The van der Waals surface area contributed by atoms with E-state index in [0.29, 0.717) is 12.3 Å². The molecule has 3 nitrogen and oxygen atoms in total. The number of nitriles is 1. The van der Waals surface area contributed by atoms with E-state index in [4.69, 9.17) is 0 Å². The monoisotopic (exact) mass is 307 g/mol. The number of allylic oxidation sites excluding steroid dienone is 5. The van der Waals surface area contributed by atoms with Gasteiger partial charge in [0.15, 0.2) is 0 Å². The van der Waals surface area contributed by atoms with Gasteiger partial charge in [0.1, 0.15) is 0 Å². The normalized spacial score (nSPS) is 28.9. The minimum absolute atomic E-state index is 0.235. The maximum atomic E-state index is 9.22. The number of hydrogen-bond donors (Lipinski definition) is 0. The summed E-state index contributed by atoms with van der Waals surface area (Å²) < 4.78 is 0. The molecule has 0 N–H and O–H groups in total. The molecule has 3 atom stereocenters. The van der Waals surface area contributed by atoms with Gasteiger partial charge in [-0.2, -0.15) is 15.5 Å². The molecule has 0 radical (unpaired) electrons. The Morgan fingerprint density at radius 3 is 3.09 bits per heavy atom. The van der Waals surface area contributed by atoms with Gasteiger partial charge in [-0.3, -0.25) is 0 Å². The summed E-state index contributed by atoms with van der Waals surface area (Å²) in [6.45, 7) is 4.29. The fraction of sp³-hybridized carbons (Fsp3) is 0.389. The first-order valence-electron chi connectivity index (χ1n) is 7.77. The highest BCUT2D eigenvalue weighted by molar-refractivity contribution is 7.23. The Labute approximate surface area is 133 Å². The number of aromatic nitrogens is 2. The van der Waals surface area contributed by atoms with Gasteiger partial charge in [0.2, 0.25) is 0 Å². The minimum Gasteiger partial charge on any atom is -0.198 e. The summed E-state index contributed by atoms with van der Waals surface area (Å²) in [6.07, 6.45) is 9.04. The van der Waals surface area contributed by atoms with Crippen LogP contribution >= 0.6 is 9.24 Å². The topological polar surface area (TPSA) is 49.6 Å². The summed E-state index contributed by atoms with van der Waals surface area (Å²) in [5.74, 6) is 0.360. The van der Waals surface area contributed by atoms with Crippen LogP contribution in [0.3, 0.4) is 0 Å². The van der Waals surface area contributed by atoms with Gasteiger partial charge in [-0.25, -0.2) is 0 Å². The quantitative estimate of drug-likeness (QED) is 0.612. The van der Waals surface area contributed by atoms with Gasteiger partial charge < -0.3 is 0 Å².